The number of Topliss-reactive ketones (excluding diaryl/α,β-unsaturated/α-hetero) is 1. The smallest absolute Gasteiger partial charge is 0.300 e. The van der Waals surface area contributed by atoms with Gasteiger partial charge in [-0.1, -0.05) is 66.2 Å². The summed E-state index contributed by atoms with van der Waals surface area (Å²) in [6, 6.07) is 25.0. The van der Waals surface area contributed by atoms with Crippen molar-refractivity contribution in [3.8, 4) is 0 Å². The van der Waals surface area contributed by atoms with Crippen LogP contribution in [0.1, 0.15) is 22.7 Å². The molecule has 0 spiro atoms. The SMILES string of the molecule is Cc1ccc(N2C(=O)C(=O)/C(=C(\O)c3ccc4ccccc4c3)C2c2ccc(F)cc2)cc1. The van der Waals surface area contributed by atoms with E-state index in [0.717, 1.165) is 16.3 Å². The largest absolute Gasteiger partial charge is 0.507 e. The topological polar surface area (TPSA) is 57.6 Å². The summed E-state index contributed by atoms with van der Waals surface area (Å²) in [5.41, 5.74) is 2.46. The first kappa shape index (κ1) is 20.6. The molecular formula is C28H20FNO3. The molecule has 4 aromatic carbocycles. The lowest BCUT2D eigenvalue weighted by Gasteiger charge is -2.25. The van der Waals surface area contributed by atoms with Gasteiger partial charge in [-0.15, -0.1) is 0 Å². The molecule has 1 aliphatic heterocycles. The van der Waals surface area contributed by atoms with E-state index in [1.54, 1.807) is 24.3 Å². The van der Waals surface area contributed by atoms with Gasteiger partial charge in [0.2, 0.25) is 0 Å². The summed E-state index contributed by atoms with van der Waals surface area (Å²) < 4.78 is 13.7. The molecule has 1 N–H and O–H groups in total. The molecular weight excluding hydrogens is 417 g/mol. The van der Waals surface area contributed by atoms with Gasteiger partial charge < -0.3 is 5.11 Å². The summed E-state index contributed by atoms with van der Waals surface area (Å²) in [7, 11) is 0. The number of amides is 1. The molecule has 1 atom stereocenters. The van der Waals surface area contributed by atoms with Crippen LogP contribution in [0.15, 0.2) is 96.6 Å². The van der Waals surface area contributed by atoms with Crippen LogP contribution < -0.4 is 4.90 Å². The molecule has 1 saturated heterocycles. The Morgan fingerprint density at radius 1 is 0.848 bits per heavy atom. The monoisotopic (exact) mass is 437 g/mol. The summed E-state index contributed by atoms with van der Waals surface area (Å²) >= 11 is 0. The first-order valence-corrected chi connectivity index (χ1v) is 10.6. The Kier molecular flexibility index (Phi) is 5.02. The number of aryl methyl sites for hydroxylation is 1. The van der Waals surface area contributed by atoms with E-state index in [1.807, 2.05) is 49.4 Å². The number of fused-ring (bicyclic) bond motifs is 1. The van der Waals surface area contributed by atoms with Crippen LogP contribution in [0.5, 0.6) is 0 Å². The molecule has 0 radical (unpaired) electrons. The second-order valence-corrected chi connectivity index (χ2v) is 8.12. The Hall–Kier alpha value is -4.25. The van der Waals surface area contributed by atoms with Crippen LogP contribution in [0.4, 0.5) is 10.1 Å². The Bertz CT molecular complexity index is 1420. The van der Waals surface area contributed by atoms with Crippen molar-refractivity contribution in [1.82, 2.24) is 0 Å². The lowest BCUT2D eigenvalue weighted by molar-refractivity contribution is -0.132. The maximum Gasteiger partial charge on any atom is 0.300 e. The number of ketones is 1. The minimum absolute atomic E-state index is 0.0255. The van der Waals surface area contributed by atoms with E-state index in [9.17, 15) is 19.1 Å². The number of halogens is 1. The highest BCUT2D eigenvalue weighted by atomic mass is 19.1. The molecule has 4 aromatic rings. The summed E-state index contributed by atoms with van der Waals surface area (Å²) in [6.45, 7) is 1.93. The summed E-state index contributed by atoms with van der Waals surface area (Å²) in [4.78, 5) is 27.7. The predicted octanol–water partition coefficient (Wildman–Crippen LogP) is 5.91. The van der Waals surface area contributed by atoms with Crippen molar-refractivity contribution in [2.75, 3.05) is 4.90 Å². The van der Waals surface area contributed by atoms with E-state index in [1.165, 1.54) is 29.2 Å². The van der Waals surface area contributed by atoms with E-state index in [2.05, 4.69) is 0 Å². The van der Waals surface area contributed by atoms with Crippen LogP contribution in [0.3, 0.4) is 0 Å². The number of hydrogen-bond acceptors (Lipinski definition) is 3. The molecule has 4 nitrogen and oxygen atoms in total. The van der Waals surface area contributed by atoms with Crippen LogP contribution in [-0.4, -0.2) is 16.8 Å². The number of aliphatic hydroxyl groups is 1. The zero-order valence-corrected chi connectivity index (χ0v) is 17.8. The van der Waals surface area contributed by atoms with Gasteiger partial charge in [0.1, 0.15) is 11.6 Å². The van der Waals surface area contributed by atoms with Crippen molar-refractivity contribution in [2.45, 2.75) is 13.0 Å². The molecule has 0 bridgehead atoms. The zero-order chi connectivity index (χ0) is 23.1. The van der Waals surface area contributed by atoms with Gasteiger partial charge >= 0.3 is 0 Å². The number of carbonyl (C=O) groups is 2. The number of carbonyl (C=O) groups excluding carboxylic acids is 2. The molecule has 5 heteroatoms. The zero-order valence-electron chi connectivity index (χ0n) is 17.8. The maximum atomic E-state index is 13.7. The molecule has 162 valence electrons. The second-order valence-electron chi connectivity index (χ2n) is 8.12. The summed E-state index contributed by atoms with van der Waals surface area (Å²) in [5, 5.41) is 13.2. The van der Waals surface area contributed by atoms with Gasteiger partial charge in [-0.2, -0.15) is 0 Å². The van der Waals surface area contributed by atoms with E-state index in [0.29, 0.717) is 16.8 Å². The molecule has 1 unspecified atom stereocenters. The molecule has 33 heavy (non-hydrogen) atoms. The highest BCUT2D eigenvalue weighted by Crippen LogP contribution is 2.42. The molecule has 0 saturated carbocycles. The van der Waals surface area contributed by atoms with Crippen LogP contribution in [-0.2, 0) is 9.59 Å². The third kappa shape index (κ3) is 3.57. The Morgan fingerprint density at radius 2 is 1.52 bits per heavy atom. The first-order chi connectivity index (χ1) is 15.9. The van der Waals surface area contributed by atoms with Crippen LogP contribution >= 0.6 is 0 Å². The minimum Gasteiger partial charge on any atom is -0.507 e. The minimum atomic E-state index is -0.889. The van der Waals surface area contributed by atoms with Gasteiger partial charge in [0, 0.05) is 11.3 Å². The number of rotatable bonds is 3. The third-order valence-electron chi connectivity index (χ3n) is 5.97. The summed E-state index contributed by atoms with van der Waals surface area (Å²) in [5.74, 6) is -2.21. The molecule has 5 rings (SSSR count). The standard InChI is InChI=1S/C28H20FNO3/c1-17-6-14-23(15-7-17)30-25(19-10-12-22(29)13-11-19)24(27(32)28(30)33)26(31)21-9-8-18-4-2-3-5-20(18)16-21/h2-16,25,31H,1H3/b26-24-. The lowest BCUT2D eigenvalue weighted by Crippen LogP contribution is -2.29. The fraction of sp³-hybridized carbons (Fsp3) is 0.0714. The Balaban J connectivity index is 1.72. The van der Waals surface area contributed by atoms with Crippen molar-refractivity contribution in [3.05, 3.63) is 119 Å². The molecule has 1 aliphatic rings. The number of benzene rings is 4. The van der Waals surface area contributed by atoms with Crippen molar-refractivity contribution >= 4 is 33.9 Å². The second kappa shape index (κ2) is 8.02. The number of anilines is 1. The Morgan fingerprint density at radius 3 is 2.21 bits per heavy atom. The maximum absolute atomic E-state index is 13.7. The van der Waals surface area contributed by atoms with Gasteiger partial charge in [0.05, 0.1) is 11.6 Å². The predicted molar refractivity (Wildman–Crippen MR) is 126 cm³/mol. The normalized spacial score (nSPS) is 17.6. The van der Waals surface area contributed by atoms with E-state index >= 15 is 0 Å². The van der Waals surface area contributed by atoms with E-state index in [4.69, 9.17) is 0 Å². The quantitative estimate of drug-likeness (QED) is 0.246. The number of hydrogen-bond donors (Lipinski definition) is 1. The van der Waals surface area contributed by atoms with E-state index in [-0.39, 0.29) is 11.3 Å². The molecule has 1 amide bonds. The van der Waals surface area contributed by atoms with Gasteiger partial charge in [-0.05, 0) is 53.6 Å². The van der Waals surface area contributed by atoms with Gasteiger partial charge in [0.25, 0.3) is 11.7 Å². The van der Waals surface area contributed by atoms with Gasteiger partial charge in [-0.25, -0.2) is 4.39 Å². The number of aliphatic hydroxyl groups excluding tert-OH is 1. The van der Waals surface area contributed by atoms with Crippen LogP contribution in [0, 0.1) is 12.7 Å². The highest BCUT2D eigenvalue weighted by Gasteiger charge is 2.46. The first-order valence-electron chi connectivity index (χ1n) is 10.6. The highest BCUT2D eigenvalue weighted by molar-refractivity contribution is 6.51. The van der Waals surface area contributed by atoms with Crippen molar-refractivity contribution in [2.24, 2.45) is 0 Å². The molecule has 0 aromatic heterocycles. The summed E-state index contributed by atoms with van der Waals surface area (Å²) in [6.07, 6.45) is 0. The van der Waals surface area contributed by atoms with Gasteiger partial charge in [-0.3, -0.25) is 14.5 Å². The molecule has 1 fully saturated rings. The van der Waals surface area contributed by atoms with Crippen LogP contribution in [0.25, 0.3) is 16.5 Å². The lowest BCUT2D eigenvalue weighted by atomic mass is 9.94. The third-order valence-corrected chi connectivity index (χ3v) is 5.97. The Labute approximate surface area is 190 Å². The molecule has 1 heterocycles. The molecule has 0 aliphatic carbocycles. The van der Waals surface area contributed by atoms with Crippen molar-refractivity contribution in [1.29, 1.82) is 0 Å². The van der Waals surface area contributed by atoms with Crippen molar-refractivity contribution in [3.63, 3.8) is 0 Å². The average molecular weight is 437 g/mol. The van der Waals surface area contributed by atoms with E-state index < -0.39 is 23.5 Å². The number of nitrogens with zero attached hydrogens (tertiary/aromatic N) is 1. The fourth-order valence-corrected chi connectivity index (χ4v) is 4.26. The van der Waals surface area contributed by atoms with Gasteiger partial charge in [0.15, 0.2) is 0 Å². The average Bonchev–Trinajstić information content (AvgIpc) is 3.10. The van der Waals surface area contributed by atoms with Crippen LogP contribution in [0.2, 0.25) is 0 Å². The van der Waals surface area contributed by atoms with Crippen molar-refractivity contribution < 1.29 is 19.1 Å². The fourth-order valence-electron chi connectivity index (χ4n) is 4.26.